The van der Waals surface area contributed by atoms with E-state index >= 15 is 0 Å². The van der Waals surface area contributed by atoms with Gasteiger partial charge in [0.25, 0.3) is 0 Å². The topological polar surface area (TPSA) is 29.9 Å². The SMILES string of the molecule is CCCCn1ncc(CNC)c1CC. The van der Waals surface area contributed by atoms with Gasteiger partial charge in [-0.2, -0.15) is 5.10 Å². The highest BCUT2D eigenvalue weighted by Crippen LogP contribution is 2.10. The van der Waals surface area contributed by atoms with Crippen molar-refractivity contribution in [2.45, 2.75) is 46.2 Å². The van der Waals surface area contributed by atoms with Crippen molar-refractivity contribution in [1.29, 1.82) is 0 Å². The molecule has 1 aromatic heterocycles. The van der Waals surface area contributed by atoms with E-state index in [1.54, 1.807) is 0 Å². The second-order valence-corrected chi connectivity index (χ2v) is 3.58. The molecule has 0 fully saturated rings. The molecule has 0 aliphatic heterocycles. The summed E-state index contributed by atoms with van der Waals surface area (Å²) in [4.78, 5) is 0. The molecule has 0 amide bonds. The van der Waals surface area contributed by atoms with Gasteiger partial charge in [0, 0.05) is 24.3 Å². The Morgan fingerprint density at radius 2 is 2.21 bits per heavy atom. The normalized spacial score (nSPS) is 10.8. The van der Waals surface area contributed by atoms with Gasteiger partial charge in [-0.25, -0.2) is 0 Å². The summed E-state index contributed by atoms with van der Waals surface area (Å²) >= 11 is 0. The molecule has 0 atom stereocenters. The Morgan fingerprint density at radius 3 is 2.79 bits per heavy atom. The fourth-order valence-corrected chi connectivity index (χ4v) is 1.70. The fraction of sp³-hybridized carbons (Fsp3) is 0.727. The van der Waals surface area contributed by atoms with Crippen LogP contribution in [0.3, 0.4) is 0 Å². The summed E-state index contributed by atoms with van der Waals surface area (Å²) in [6.07, 6.45) is 5.50. The quantitative estimate of drug-likeness (QED) is 0.752. The van der Waals surface area contributed by atoms with Gasteiger partial charge in [-0.15, -0.1) is 0 Å². The molecule has 3 heteroatoms. The van der Waals surface area contributed by atoms with E-state index in [-0.39, 0.29) is 0 Å². The lowest BCUT2D eigenvalue weighted by Gasteiger charge is -2.06. The second-order valence-electron chi connectivity index (χ2n) is 3.58. The van der Waals surface area contributed by atoms with E-state index in [0.717, 1.165) is 19.5 Å². The summed E-state index contributed by atoms with van der Waals surface area (Å²) in [5.74, 6) is 0. The van der Waals surface area contributed by atoms with Crippen molar-refractivity contribution in [3.8, 4) is 0 Å². The summed E-state index contributed by atoms with van der Waals surface area (Å²) < 4.78 is 2.15. The Hall–Kier alpha value is -0.830. The standard InChI is InChI=1S/C11H21N3/c1-4-6-7-14-11(5-2)10(8-12-3)9-13-14/h9,12H,4-8H2,1-3H3. The van der Waals surface area contributed by atoms with Gasteiger partial charge in [-0.3, -0.25) is 4.68 Å². The van der Waals surface area contributed by atoms with E-state index in [1.807, 2.05) is 13.2 Å². The lowest BCUT2D eigenvalue weighted by molar-refractivity contribution is 0.549. The van der Waals surface area contributed by atoms with E-state index in [1.165, 1.54) is 24.1 Å². The smallest absolute Gasteiger partial charge is 0.0537 e. The number of nitrogens with zero attached hydrogens (tertiary/aromatic N) is 2. The van der Waals surface area contributed by atoms with Crippen LogP contribution >= 0.6 is 0 Å². The van der Waals surface area contributed by atoms with Crippen LogP contribution in [0.4, 0.5) is 0 Å². The Morgan fingerprint density at radius 1 is 1.43 bits per heavy atom. The van der Waals surface area contributed by atoms with Crippen LogP contribution in [0.2, 0.25) is 0 Å². The zero-order valence-electron chi connectivity index (χ0n) is 9.51. The number of nitrogens with one attached hydrogen (secondary N) is 1. The molecule has 80 valence electrons. The van der Waals surface area contributed by atoms with E-state index in [0.29, 0.717) is 0 Å². The average molecular weight is 195 g/mol. The number of hydrogen-bond donors (Lipinski definition) is 1. The van der Waals surface area contributed by atoms with Crippen molar-refractivity contribution >= 4 is 0 Å². The molecule has 1 heterocycles. The van der Waals surface area contributed by atoms with Crippen LogP contribution in [0.15, 0.2) is 6.20 Å². The minimum absolute atomic E-state index is 0.926. The summed E-state index contributed by atoms with van der Waals surface area (Å²) in [6, 6.07) is 0. The molecule has 0 saturated carbocycles. The molecule has 0 saturated heterocycles. The first-order valence-corrected chi connectivity index (χ1v) is 5.51. The minimum Gasteiger partial charge on any atom is -0.316 e. The van der Waals surface area contributed by atoms with Gasteiger partial charge >= 0.3 is 0 Å². The highest BCUT2D eigenvalue weighted by Gasteiger charge is 2.07. The molecule has 0 aliphatic carbocycles. The first kappa shape index (κ1) is 11.2. The lowest BCUT2D eigenvalue weighted by Crippen LogP contribution is -2.09. The molecule has 0 radical (unpaired) electrons. The van der Waals surface area contributed by atoms with Crippen molar-refractivity contribution in [2.24, 2.45) is 0 Å². The number of unbranched alkanes of at least 4 members (excludes halogenated alkanes) is 1. The maximum absolute atomic E-state index is 4.42. The third kappa shape index (κ3) is 2.58. The molecule has 1 aromatic rings. The molecular formula is C11H21N3. The van der Waals surface area contributed by atoms with Crippen molar-refractivity contribution in [3.63, 3.8) is 0 Å². The van der Waals surface area contributed by atoms with Gasteiger partial charge in [0.15, 0.2) is 0 Å². The van der Waals surface area contributed by atoms with E-state index < -0.39 is 0 Å². The highest BCUT2D eigenvalue weighted by atomic mass is 15.3. The molecule has 0 spiro atoms. The summed E-state index contributed by atoms with van der Waals surface area (Å²) in [6.45, 7) is 6.39. The minimum atomic E-state index is 0.926. The fourth-order valence-electron chi connectivity index (χ4n) is 1.70. The van der Waals surface area contributed by atoms with Gasteiger partial charge in [0.2, 0.25) is 0 Å². The van der Waals surface area contributed by atoms with Crippen molar-refractivity contribution in [1.82, 2.24) is 15.1 Å². The van der Waals surface area contributed by atoms with Crippen LogP contribution in [0.25, 0.3) is 0 Å². The van der Waals surface area contributed by atoms with E-state index in [4.69, 9.17) is 0 Å². The van der Waals surface area contributed by atoms with Crippen LogP contribution in [0, 0.1) is 0 Å². The predicted octanol–water partition coefficient (Wildman–Crippen LogP) is 1.97. The largest absolute Gasteiger partial charge is 0.316 e. The second kappa shape index (κ2) is 5.81. The molecular weight excluding hydrogens is 174 g/mol. The molecule has 0 aromatic carbocycles. The van der Waals surface area contributed by atoms with Crippen LogP contribution in [0.5, 0.6) is 0 Å². The van der Waals surface area contributed by atoms with Crippen LogP contribution in [0.1, 0.15) is 37.9 Å². The van der Waals surface area contributed by atoms with Crippen molar-refractivity contribution in [2.75, 3.05) is 7.05 Å². The number of aryl methyl sites for hydroxylation is 1. The van der Waals surface area contributed by atoms with Gasteiger partial charge in [-0.1, -0.05) is 20.3 Å². The number of aromatic nitrogens is 2. The summed E-state index contributed by atoms with van der Waals surface area (Å²) in [5.41, 5.74) is 2.72. The highest BCUT2D eigenvalue weighted by molar-refractivity contribution is 5.17. The van der Waals surface area contributed by atoms with Crippen LogP contribution < -0.4 is 5.32 Å². The number of hydrogen-bond acceptors (Lipinski definition) is 2. The molecule has 0 unspecified atom stereocenters. The molecule has 3 nitrogen and oxygen atoms in total. The molecule has 0 aliphatic rings. The first-order valence-electron chi connectivity index (χ1n) is 5.51. The summed E-state index contributed by atoms with van der Waals surface area (Å²) in [7, 11) is 1.98. The van der Waals surface area contributed by atoms with Crippen molar-refractivity contribution in [3.05, 3.63) is 17.5 Å². The van der Waals surface area contributed by atoms with Gasteiger partial charge < -0.3 is 5.32 Å². The van der Waals surface area contributed by atoms with Crippen LogP contribution in [-0.2, 0) is 19.5 Å². The van der Waals surface area contributed by atoms with Gasteiger partial charge in [-0.05, 0) is 19.9 Å². The lowest BCUT2D eigenvalue weighted by atomic mass is 10.2. The third-order valence-electron chi connectivity index (χ3n) is 2.46. The Balaban J connectivity index is 2.73. The van der Waals surface area contributed by atoms with Crippen LogP contribution in [-0.4, -0.2) is 16.8 Å². The average Bonchev–Trinajstić information content (AvgIpc) is 2.58. The Bertz CT molecular complexity index is 265. The monoisotopic (exact) mass is 195 g/mol. The molecule has 14 heavy (non-hydrogen) atoms. The van der Waals surface area contributed by atoms with E-state index in [2.05, 4.69) is 28.9 Å². The zero-order chi connectivity index (χ0) is 10.4. The van der Waals surface area contributed by atoms with E-state index in [9.17, 15) is 0 Å². The third-order valence-corrected chi connectivity index (χ3v) is 2.46. The molecule has 1 rings (SSSR count). The maximum atomic E-state index is 4.42. The first-order chi connectivity index (χ1) is 6.83. The number of rotatable bonds is 6. The predicted molar refractivity (Wildman–Crippen MR) is 59.3 cm³/mol. The Labute approximate surface area is 86.5 Å². The van der Waals surface area contributed by atoms with Crippen molar-refractivity contribution < 1.29 is 0 Å². The summed E-state index contributed by atoms with van der Waals surface area (Å²) in [5, 5.41) is 7.59. The molecule has 1 N–H and O–H groups in total. The van der Waals surface area contributed by atoms with Gasteiger partial charge in [0.1, 0.15) is 0 Å². The molecule has 0 bridgehead atoms. The van der Waals surface area contributed by atoms with Gasteiger partial charge in [0.05, 0.1) is 6.20 Å². The zero-order valence-corrected chi connectivity index (χ0v) is 9.51. The Kier molecular flexibility index (Phi) is 4.66. The maximum Gasteiger partial charge on any atom is 0.0537 e.